The lowest BCUT2D eigenvalue weighted by Crippen LogP contribution is -2.25. The molecule has 0 saturated heterocycles. The molecule has 0 amide bonds. The van der Waals surface area contributed by atoms with Crippen molar-refractivity contribution in [1.29, 1.82) is 0 Å². The van der Waals surface area contributed by atoms with Crippen LogP contribution in [0.3, 0.4) is 0 Å². The van der Waals surface area contributed by atoms with E-state index in [0.717, 1.165) is 16.7 Å². The van der Waals surface area contributed by atoms with Gasteiger partial charge >= 0.3 is 0 Å². The Labute approximate surface area is 94.2 Å². The molecule has 82 valence electrons. The summed E-state index contributed by atoms with van der Waals surface area (Å²) in [6, 6.07) is 2.35. The predicted molar refractivity (Wildman–Crippen MR) is 65.3 cm³/mol. The van der Waals surface area contributed by atoms with Gasteiger partial charge in [0.05, 0.1) is 6.04 Å². The Morgan fingerprint density at radius 3 is 2.93 bits per heavy atom. The van der Waals surface area contributed by atoms with Gasteiger partial charge in [0.1, 0.15) is 0 Å². The van der Waals surface area contributed by atoms with E-state index in [0.29, 0.717) is 12.0 Å². The molecule has 1 aliphatic rings. The molecule has 0 fully saturated rings. The highest BCUT2D eigenvalue weighted by molar-refractivity contribution is 8.14. The zero-order chi connectivity index (χ0) is 10.8. The first-order valence-electron chi connectivity index (χ1n) is 5.12. The van der Waals surface area contributed by atoms with Gasteiger partial charge in [0, 0.05) is 25.1 Å². The number of aromatic nitrogens is 2. The number of thioether (sulfide) groups is 1. The molecule has 0 spiro atoms. The van der Waals surface area contributed by atoms with Crippen LogP contribution >= 0.6 is 11.8 Å². The largest absolute Gasteiger partial charge is 0.318 e. The third-order valence-corrected chi connectivity index (χ3v) is 3.75. The minimum Gasteiger partial charge on any atom is -0.318 e. The van der Waals surface area contributed by atoms with E-state index in [1.807, 2.05) is 19.3 Å². The van der Waals surface area contributed by atoms with Gasteiger partial charge in [0.25, 0.3) is 0 Å². The number of aliphatic imine (C=N–C) groups is 1. The molecule has 5 heteroatoms. The second kappa shape index (κ2) is 4.26. The van der Waals surface area contributed by atoms with E-state index in [1.54, 1.807) is 16.4 Å². The number of anilines is 1. The Bertz CT molecular complexity index is 371. The Morgan fingerprint density at radius 1 is 1.53 bits per heavy atom. The van der Waals surface area contributed by atoms with Gasteiger partial charge in [-0.1, -0.05) is 18.7 Å². The summed E-state index contributed by atoms with van der Waals surface area (Å²) in [5.41, 5.74) is 0. The summed E-state index contributed by atoms with van der Waals surface area (Å²) in [6.07, 6.45) is 1.92. The third-order valence-electron chi connectivity index (χ3n) is 2.58. The van der Waals surface area contributed by atoms with E-state index >= 15 is 0 Å². The molecule has 0 bridgehead atoms. The molecule has 0 aliphatic carbocycles. The van der Waals surface area contributed by atoms with Crippen molar-refractivity contribution in [3.05, 3.63) is 12.3 Å². The van der Waals surface area contributed by atoms with Crippen molar-refractivity contribution >= 4 is 22.7 Å². The third kappa shape index (κ3) is 2.53. The molecule has 2 heterocycles. The minimum absolute atomic E-state index is 0.400. The normalized spacial score (nSPS) is 26.2. The minimum atomic E-state index is 0.400. The van der Waals surface area contributed by atoms with E-state index in [-0.39, 0.29) is 0 Å². The van der Waals surface area contributed by atoms with Gasteiger partial charge in [0.15, 0.2) is 11.0 Å². The van der Waals surface area contributed by atoms with Gasteiger partial charge in [-0.15, -0.1) is 0 Å². The fourth-order valence-corrected chi connectivity index (χ4v) is 2.48. The quantitative estimate of drug-likeness (QED) is 0.793. The van der Waals surface area contributed by atoms with Gasteiger partial charge in [-0.2, -0.15) is 5.10 Å². The van der Waals surface area contributed by atoms with Crippen molar-refractivity contribution in [3.63, 3.8) is 0 Å². The molecule has 0 radical (unpaired) electrons. The van der Waals surface area contributed by atoms with E-state index in [2.05, 4.69) is 29.3 Å². The van der Waals surface area contributed by atoms with Gasteiger partial charge < -0.3 is 5.32 Å². The monoisotopic (exact) mass is 224 g/mol. The average molecular weight is 224 g/mol. The highest BCUT2D eigenvalue weighted by Gasteiger charge is 2.19. The van der Waals surface area contributed by atoms with Crippen molar-refractivity contribution < 1.29 is 0 Å². The first-order valence-corrected chi connectivity index (χ1v) is 6.11. The molecule has 1 aliphatic heterocycles. The van der Waals surface area contributed by atoms with Crippen LogP contribution in [0.25, 0.3) is 0 Å². The van der Waals surface area contributed by atoms with Gasteiger partial charge in [-0.3, -0.25) is 9.67 Å². The van der Waals surface area contributed by atoms with E-state index in [1.165, 1.54) is 0 Å². The lowest BCUT2D eigenvalue weighted by Gasteiger charge is -2.23. The van der Waals surface area contributed by atoms with Crippen molar-refractivity contribution in [2.24, 2.45) is 18.0 Å². The highest BCUT2D eigenvalue weighted by Crippen LogP contribution is 2.23. The molecule has 4 nitrogen and oxygen atoms in total. The van der Waals surface area contributed by atoms with E-state index < -0.39 is 0 Å². The predicted octanol–water partition coefficient (Wildman–Crippen LogP) is 1.96. The Balaban J connectivity index is 2.04. The molecular weight excluding hydrogens is 208 g/mol. The van der Waals surface area contributed by atoms with Crippen LogP contribution in [0, 0.1) is 5.92 Å². The summed E-state index contributed by atoms with van der Waals surface area (Å²) in [7, 11) is 1.91. The maximum atomic E-state index is 4.59. The summed E-state index contributed by atoms with van der Waals surface area (Å²) in [6.45, 7) is 4.39. The van der Waals surface area contributed by atoms with Crippen LogP contribution in [-0.4, -0.2) is 26.7 Å². The Hall–Kier alpha value is -0.970. The average Bonchev–Trinajstić information content (AvgIpc) is 2.58. The molecule has 2 atom stereocenters. The van der Waals surface area contributed by atoms with Crippen LogP contribution in [0.5, 0.6) is 0 Å². The van der Waals surface area contributed by atoms with Gasteiger partial charge in [0.2, 0.25) is 0 Å². The molecule has 15 heavy (non-hydrogen) atoms. The standard InChI is InChI=1S/C10H16N4S/c1-7-6-15-10(11-8(7)2)12-9-4-5-14(3)13-9/h4-5,7-8H,6H2,1-3H3,(H,11,12,13). The van der Waals surface area contributed by atoms with Crippen LogP contribution < -0.4 is 5.32 Å². The van der Waals surface area contributed by atoms with Crippen molar-refractivity contribution in [1.82, 2.24) is 9.78 Å². The van der Waals surface area contributed by atoms with Gasteiger partial charge in [-0.05, 0) is 12.8 Å². The summed E-state index contributed by atoms with van der Waals surface area (Å²) >= 11 is 1.77. The molecule has 0 aromatic carbocycles. The number of nitrogens with zero attached hydrogens (tertiary/aromatic N) is 3. The maximum absolute atomic E-state index is 4.59. The maximum Gasteiger partial charge on any atom is 0.162 e. The van der Waals surface area contributed by atoms with E-state index in [4.69, 9.17) is 0 Å². The molecule has 1 aromatic heterocycles. The molecule has 2 rings (SSSR count). The zero-order valence-electron chi connectivity index (χ0n) is 9.27. The Kier molecular flexibility index (Phi) is 3.00. The van der Waals surface area contributed by atoms with Crippen LogP contribution in [0.2, 0.25) is 0 Å². The first-order chi connectivity index (χ1) is 7.15. The zero-order valence-corrected chi connectivity index (χ0v) is 10.1. The number of amidine groups is 1. The second-order valence-electron chi connectivity index (χ2n) is 3.96. The number of rotatable bonds is 1. The first kappa shape index (κ1) is 10.5. The molecule has 1 aromatic rings. The molecular formula is C10H16N4S. The topological polar surface area (TPSA) is 42.2 Å². The summed E-state index contributed by atoms with van der Waals surface area (Å²) < 4.78 is 1.78. The second-order valence-corrected chi connectivity index (χ2v) is 4.97. The number of nitrogens with one attached hydrogen (secondary N) is 1. The van der Waals surface area contributed by atoms with Crippen LogP contribution in [0.1, 0.15) is 13.8 Å². The number of hydrogen-bond acceptors (Lipinski definition) is 4. The number of aryl methyl sites for hydroxylation is 1. The fraction of sp³-hybridized carbons (Fsp3) is 0.600. The smallest absolute Gasteiger partial charge is 0.162 e. The SMILES string of the molecule is CC1CSC(Nc2ccn(C)n2)=NC1C. The van der Waals surface area contributed by atoms with Crippen molar-refractivity contribution in [2.75, 3.05) is 11.1 Å². The van der Waals surface area contributed by atoms with Crippen molar-refractivity contribution in [3.8, 4) is 0 Å². The molecule has 0 saturated carbocycles. The van der Waals surface area contributed by atoms with Crippen LogP contribution in [0.15, 0.2) is 17.3 Å². The van der Waals surface area contributed by atoms with Crippen molar-refractivity contribution in [2.45, 2.75) is 19.9 Å². The molecule has 1 N–H and O–H groups in total. The highest BCUT2D eigenvalue weighted by atomic mass is 32.2. The summed E-state index contributed by atoms with van der Waals surface area (Å²) in [5.74, 6) is 2.65. The summed E-state index contributed by atoms with van der Waals surface area (Å²) in [5, 5.41) is 8.48. The lowest BCUT2D eigenvalue weighted by molar-refractivity contribution is 0.537. The van der Waals surface area contributed by atoms with Crippen LogP contribution in [-0.2, 0) is 7.05 Å². The van der Waals surface area contributed by atoms with E-state index in [9.17, 15) is 0 Å². The van der Waals surface area contributed by atoms with Gasteiger partial charge in [-0.25, -0.2) is 0 Å². The Morgan fingerprint density at radius 2 is 2.33 bits per heavy atom. The number of hydrogen-bond donors (Lipinski definition) is 1. The lowest BCUT2D eigenvalue weighted by atomic mass is 10.1. The fourth-order valence-electron chi connectivity index (χ4n) is 1.36. The van der Waals surface area contributed by atoms with Crippen LogP contribution in [0.4, 0.5) is 5.82 Å². The summed E-state index contributed by atoms with van der Waals surface area (Å²) in [4.78, 5) is 4.59. The molecule has 2 unspecified atom stereocenters.